The monoisotopic (exact) mass is 406 g/mol. The minimum atomic E-state index is -0.533. The van der Waals surface area contributed by atoms with Gasteiger partial charge in [-0.3, -0.25) is 9.78 Å². The Kier molecular flexibility index (Phi) is 5.93. The van der Waals surface area contributed by atoms with E-state index < -0.39 is 11.4 Å². The molecule has 150 valence electrons. The van der Waals surface area contributed by atoms with E-state index in [2.05, 4.69) is 15.3 Å². The molecular formula is C19H23FN4O3S. The van der Waals surface area contributed by atoms with Crippen LogP contribution in [0.25, 0.3) is 0 Å². The van der Waals surface area contributed by atoms with Crippen LogP contribution in [0.1, 0.15) is 54.3 Å². The molecule has 1 saturated heterocycles. The van der Waals surface area contributed by atoms with Crippen LogP contribution in [0.5, 0.6) is 0 Å². The molecule has 1 aliphatic rings. The lowest BCUT2D eigenvalue weighted by atomic mass is 10.1. The number of hydrogen-bond donors (Lipinski definition) is 1. The highest BCUT2D eigenvalue weighted by atomic mass is 32.1. The number of halogens is 1. The summed E-state index contributed by atoms with van der Waals surface area (Å²) in [7, 11) is 0. The first kappa shape index (κ1) is 20.2. The van der Waals surface area contributed by atoms with Gasteiger partial charge in [-0.1, -0.05) is 0 Å². The Morgan fingerprint density at radius 2 is 2.21 bits per heavy atom. The number of aromatic nitrogens is 2. The Labute approximate surface area is 166 Å². The van der Waals surface area contributed by atoms with Gasteiger partial charge in [-0.2, -0.15) is 0 Å². The molecule has 1 N–H and O–H groups in total. The van der Waals surface area contributed by atoms with E-state index in [0.29, 0.717) is 13.1 Å². The van der Waals surface area contributed by atoms with E-state index in [4.69, 9.17) is 4.74 Å². The number of ether oxygens (including phenoxy) is 1. The van der Waals surface area contributed by atoms with Gasteiger partial charge in [0, 0.05) is 30.6 Å². The second-order valence-electron chi connectivity index (χ2n) is 7.60. The van der Waals surface area contributed by atoms with E-state index in [0.717, 1.165) is 11.4 Å². The van der Waals surface area contributed by atoms with Crippen molar-refractivity contribution in [3.05, 3.63) is 45.9 Å². The number of amides is 2. The third kappa shape index (κ3) is 5.03. The van der Waals surface area contributed by atoms with Crippen LogP contribution in [0.15, 0.2) is 23.7 Å². The van der Waals surface area contributed by atoms with Crippen molar-refractivity contribution >= 4 is 23.3 Å². The molecule has 2 amide bonds. The first-order valence-electron chi connectivity index (χ1n) is 9.04. The molecule has 0 spiro atoms. The van der Waals surface area contributed by atoms with Crippen LogP contribution in [-0.2, 0) is 11.3 Å². The van der Waals surface area contributed by atoms with Crippen molar-refractivity contribution in [3.63, 3.8) is 0 Å². The molecular weight excluding hydrogens is 383 g/mol. The van der Waals surface area contributed by atoms with Crippen LogP contribution in [0.2, 0.25) is 0 Å². The van der Waals surface area contributed by atoms with Crippen molar-refractivity contribution in [2.75, 3.05) is 13.1 Å². The van der Waals surface area contributed by atoms with Crippen molar-refractivity contribution in [1.29, 1.82) is 0 Å². The van der Waals surface area contributed by atoms with Gasteiger partial charge < -0.3 is 15.0 Å². The molecule has 0 radical (unpaired) electrons. The number of rotatable bonds is 4. The summed E-state index contributed by atoms with van der Waals surface area (Å²) in [6.07, 6.45) is 1.91. The van der Waals surface area contributed by atoms with Gasteiger partial charge in [0.1, 0.15) is 17.1 Å². The summed E-state index contributed by atoms with van der Waals surface area (Å²) in [4.78, 5) is 34.5. The van der Waals surface area contributed by atoms with Crippen LogP contribution < -0.4 is 5.32 Å². The van der Waals surface area contributed by atoms with Crippen LogP contribution in [0.3, 0.4) is 0 Å². The standard InChI is InChI=1S/C19H23FN4O3S/c1-19(2,3)27-18(26)24-8-6-12(10-24)17-23-15(11-28-17)16(25)22-9-14-13(20)5-4-7-21-14/h4-5,7,11-12H,6,8-10H2,1-3H3,(H,22,25). The Morgan fingerprint density at radius 1 is 1.43 bits per heavy atom. The molecule has 0 aliphatic carbocycles. The van der Waals surface area contributed by atoms with Crippen LogP contribution in [0.4, 0.5) is 9.18 Å². The van der Waals surface area contributed by atoms with E-state index >= 15 is 0 Å². The minimum Gasteiger partial charge on any atom is -0.444 e. The van der Waals surface area contributed by atoms with E-state index in [1.165, 1.54) is 29.7 Å². The van der Waals surface area contributed by atoms with E-state index in [-0.39, 0.29) is 35.9 Å². The number of carbonyl (C=O) groups excluding carboxylic acids is 2. The third-order valence-electron chi connectivity index (χ3n) is 4.19. The number of hydrogen-bond acceptors (Lipinski definition) is 6. The maximum atomic E-state index is 13.6. The highest BCUT2D eigenvalue weighted by molar-refractivity contribution is 7.09. The summed E-state index contributed by atoms with van der Waals surface area (Å²) in [5.74, 6) is -0.767. The molecule has 1 aliphatic heterocycles. The van der Waals surface area contributed by atoms with Crippen molar-refractivity contribution in [1.82, 2.24) is 20.2 Å². The van der Waals surface area contributed by atoms with Crippen LogP contribution >= 0.6 is 11.3 Å². The minimum absolute atomic E-state index is 0.00574. The van der Waals surface area contributed by atoms with Gasteiger partial charge in [0.25, 0.3) is 5.91 Å². The molecule has 1 fully saturated rings. The summed E-state index contributed by atoms with van der Waals surface area (Å²) in [5.41, 5.74) is -0.0727. The summed E-state index contributed by atoms with van der Waals surface area (Å²) < 4.78 is 19.0. The van der Waals surface area contributed by atoms with E-state index in [9.17, 15) is 14.0 Å². The zero-order valence-corrected chi connectivity index (χ0v) is 16.9. The summed E-state index contributed by atoms with van der Waals surface area (Å²) in [6.45, 7) is 6.61. The van der Waals surface area contributed by atoms with Gasteiger partial charge >= 0.3 is 6.09 Å². The zero-order chi connectivity index (χ0) is 20.3. The fraction of sp³-hybridized carbons (Fsp3) is 0.474. The maximum Gasteiger partial charge on any atom is 0.410 e. The van der Waals surface area contributed by atoms with Gasteiger partial charge in [0.2, 0.25) is 0 Å². The highest BCUT2D eigenvalue weighted by Gasteiger charge is 2.32. The second-order valence-corrected chi connectivity index (χ2v) is 8.49. The number of thiazole rings is 1. The van der Waals surface area contributed by atoms with Gasteiger partial charge in [-0.25, -0.2) is 14.2 Å². The largest absolute Gasteiger partial charge is 0.444 e. The van der Waals surface area contributed by atoms with Crippen molar-refractivity contribution in [2.45, 2.75) is 45.3 Å². The molecule has 0 aromatic carbocycles. The van der Waals surface area contributed by atoms with Gasteiger partial charge in [-0.15, -0.1) is 11.3 Å². The van der Waals surface area contributed by atoms with Gasteiger partial charge in [0.15, 0.2) is 0 Å². The molecule has 1 unspecified atom stereocenters. The summed E-state index contributed by atoms with van der Waals surface area (Å²) in [5, 5.41) is 5.11. The Morgan fingerprint density at radius 3 is 2.93 bits per heavy atom. The average molecular weight is 406 g/mol. The van der Waals surface area contributed by atoms with Gasteiger partial charge in [-0.05, 0) is 39.3 Å². The lowest BCUT2D eigenvalue weighted by Crippen LogP contribution is -2.35. The number of likely N-dealkylation sites (tertiary alicyclic amines) is 1. The normalized spacial score (nSPS) is 16.9. The topological polar surface area (TPSA) is 84.4 Å². The van der Waals surface area contributed by atoms with Crippen molar-refractivity contribution in [3.8, 4) is 0 Å². The molecule has 3 heterocycles. The smallest absolute Gasteiger partial charge is 0.410 e. The van der Waals surface area contributed by atoms with Gasteiger partial charge in [0.05, 0.1) is 17.2 Å². The zero-order valence-electron chi connectivity index (χ0n) is 16.1. The molecule has 7 nitrogen and oxygen atoms in total. The fourth-order valence-corrected chi connectivity index (χ4v) is 3.76. The number of pyridine rings is 1. The molecule has 1 atom stereocenters. The SMILES string of the molecule is CC(C)(C)OC(=O)N1CCC(c2nc(C(=O)NCc3ncccc3F)cs2)C1. The number of nitrogens with one attached hydrogen (secondary N) is 1. The number of nitrogens with zero attached hydrogens (tertiary/aromatic N) is 3. The third-order valence-corrected chi connectivity index (χ3v) is 5.20. The molecule has 3 rings (SSSR count). The molecule has 2 aromatic heterocycles. The fourth-order valence-electron chi connectivity index (χ4n) is 2.84. The van der Waals surface area contributed by atoms with E-state index in [1.54, 1.807) is 10.3 Å². The lowest BCUT2D eigenvalue weighted by Gasteiger charge is -2.24. The first-order chi connectivity index (χ1) is 13.2. The predicted octanol–water partition coefficient (Wildman–Crippen LogP) is 3.33. The molecule has 9 heteroatoms. The van der Waals surface area contributed by atoms with E-state index in [1.807, 2.05) is 20.8 Å². The average Bonchev–Trinajstić information content (AvgIpc) is 3.28. The Balaban J connectivity index is 1.56. The maximum absolute atomic E-state index is 13.6. The van der Waals surface area contributed by atoms with Crippen molar-refractivity contribution in [2.24, 2.45) is 0 Å². The highest BCUT2D eigenvalue weighted by Crippen LogP contribution is 2.30. The predicted molar refractivity (Wildman–Crippen MR) is 103 cm³/mol. The number of carbonyl (C=O) groups is 2. The van der Waals surface area contributed by atoms with Crippen LogP contribution in [0, 0.1) is 5.82 Å². The Bertz CT molecular complexity index is 865. The molecule has 28 heavy (non-hydrogen) atoms. The van der Waals surface area contributed by atoms with Crippen LogP contribution in [-0.4, -0.2) is 45.6 Å². The van der Waals surface area contributed by atoms with Crippen molar-refractivity contribution < 1.29 is 18.7 Å². The molecule has 0 saturated carbocycles. The summed E-state index contributed by atoms with van der Waals surface area (Å²) >= 11 is 1.39. The Hall–Kier alpha value is -2.55. The first-order valence-corrected chi connectivity index (χ1v) is 9.92. The quantitative estimate of drug-likeness (QED) is 0.842. The second kappa shape index (κ2) is 8.22. The molecule has 0 bridgehead atoms. The summed E-state index contributed by atoms with van der Waals surface area (Å²) in [6, 6.07) is 2.79. The lowest BCUT2D eigenvalue weighted by molar-refractivity contribution is 0.0292. The molecule has 2 aromatic rings.